The van der Waals surface area contributed by atoms with Crippen molar-refractivity contribution in [2.75, 3.05) is 39.3 Å². The Labute approximate surface area is 187 Å². The Bertz CT molecular complexity index is 746. The van der Waals surface area contributed by atoms with Crippen molar-refractivity contribution >= 4 is 5.91 Å². The van der Waals surface area contributed by atoms with Crippen molar-refractivity contribution in [1.29, 1.82) is 0 Å². The third-order valence-corrected chi connectivity index (χ3v) is 7.19. The second kappa shape index (κ2) is 10.2. The van der Waals surface area contributed by atoms with Crippen LogP contribution in [0, 0.1) is 0 Å². The molecule has 1 aromatic rings. The summed E-state index contributed by atoms with van der Waals surface area (Å²) < 4.78 is 6.60. The molecule has 1 amide bonds. The van der Waals surface area contributed by atoms with Gasteiger partial charge in [-0.15, -0.1) is 0 Å². The number of carbonyl (C=O) groups is 1. The molecule has 0 bridgehead atoms. The molecule has 3 fully saturated rings. The van der Waals surface area contributed by atoms with Gasteiger partial charge < -0.3 is 15.0 Å². The van der Waals surface area contributed by atoms with Crippen molar-refractivity contribution in [3.05, 3.63) is 41.7 Å². The standard InChI is InChI=1S/C25H38N4O2/c1-20(2)6-13-28-16-10-25(11-17-28)9-5-23(31-25)19-27-22-7-14-29(15-8-22)24(30)21-4-3-12-26-18-21/h3-4,6,12,18,22-23,27H,5,7-11,13-17,19H2,1-2H3. The normalized spacial score (nSPS) is 24.5. The zero-order valence-electron chi connectivity index (χ0n) is 19.2. The van der Waals surface area contributed by atoms with E-state index in [1.807, 2.05) is 17.0 Å². The zero-order valence-corrected chi connectivity index (χ0v) is 19.2. The maximum atomic E-state index is 12.6. The number of pyridine rings is 1. The van der Waals surface area contributed by atoms with Crippen LogP contribution < -0.4 is 5.32 Å². The zero-order chi connectivity index (χ0) is 21.7. The van der Waals surface area contributed by atoms with Crippen LogP contribution in [0.25, 0.3) is 0 Å². The van der Waals surface area contributed by atoms with E-state index in [0.29, 0.717) is 17.7 Å². The van der Waals surface area contributed by atoms with E-state index < -0.39 is 0 Å². The average Bonchev–Trinajstić information content (AvgIpc) is 3.20. The van der Waals surface area contributed by atoms with Crippen molar-refractivity contribution < 1.29 is 9.53 Å². The molecule has 1 spiro atoms. The summed E-state index contributed by atoms with van der Waals surface area (Å²) in [5.74, 6) is 0.101. The molecule has 1 atom stereocenters. The number of likely N-dealkylation sites (tertiary alicyclic amines) is 2. The van der Waals surface area contributed by atoms with Gasteiger partial charge in [-0.2, -0.15) is 0 Å². The lowest BCUT2D eigenvalue weighted by atomic mass is 9.88. The Kier molecular flexibility index (Phi) is 7.41. The van der Waals surface area contributed by atoms with E-state index in [9.17, 15) is 4.79 Å². The average molecular weight is 427 g/mol. The molecule has 4 rings (SSSR count). The largest absolute Gasteiger partial charge is 0.370 e. The van der Waals surface area contributed by atoms with Gasteiger partial charge in [-0.3, -0.25) is 14.7 Å². The summed E-state index contributed by atoms with van der Waals surface area (Å²) in [5, 5.41) is 3.73. The van der Waals surface area contributed by atoms with E-state index in [4.69, 9.17) is 4.74 Å². The monoisotopic (exact) mass is 426 g/mol. The van der Waals surface area contributed by atoms with Crippen LogP contribution in [0.5, 0.6) is 0 Å². The van der Waals surface area contributed by atoms with E-state index in [2.05, 4.69) is 35.1 Å². The predicted octanol–water partition coefficient (Wildman–Crippen LogP) is 3.26. The number of carbonyl (C=O) groups excluding carboxylic acids is 1. The molecular formula is C25H38N4O2. The molecule has 3 saturated heterocycles. The SMILES string of the molecule is CC(C)=CCN1CCC2(CCC(CNC3CCN(C(=O)c4cccnc4)CC3)O2)CC1. The molecule has 1 aromatic heterocycles. The van der Waals surface area contributed by atoms with Crippen molar-refractivity contribution in [3.63, 3.8) is 0 Å². The number of nitrogens with one attached hydrogen (secondary N) is 1. The molecule has 3 aliphatic rings. The smallest absolute Gasteiger partial charge is 0.255 e. The van der Waals surface area contributed by atoms with Crippen molar-refractivity contribution in [2.45, 2.75) is 70.1 Å². The molecule has 1 unspecified atom stereocenters. The minimum absolute atomic E-state index is 0.101. The fraction of sp³-hybridized carbons (Fsp3) is 0.680. The van der Waals surface area contributed by atoms with Crippen LogP contribution in [0.4, 0.5) is 0 Å². The second-order valence-corrected chi connectivity index (χ2v) is 9.76. The number of ether oxygens (including phenoxy) is 1. The van der Waals surface area contributed by atoms with Crippen LogP contribution >= 0.6 is 0 Å². The maximum absolute atomic E-state index is 12.6. The van der Waals surface area contributed by atoms with E-state index in [-0.39, 0.29) is 11.5 Å². The lowest BCUT2D eigenvalue weighted by molar-refractivity contribution is -0.0753. The highest BCUT2D eigenvalue weighted by Crippen LogP contribution is 2.38. The molecule has 170 valence electrons. The molecule has 0 aromatic carbocycles. The molecule has 0 radical (unpaired) electrons. The highest BCUT2D eigenvalue weighted by atomic mass is 16.5. The lowest BCUT2D eigenvalue weighted by Crippen LogP contribution is -2.47. The third kappa shape index (κ3) is 5.93. The van der Waals surface area contributed by atoms with Crippen LogP contribution in [-0.4, -0.2) is 77.7 Å². The molecule has 31 heavy (non-hydrogen) atoms. The quantitative estimate of drug-likeness (QED) is 0.708. The number of amides is 1. The van der Waals surface area contributed by atoms with Gasteiger partial charge in [0.15, 0.2) is 0 Å². The molecule has 4 heterocycles. The Morgan fingerprint density at radius 2 is 1.97 bits per heavy atom. The van der Waals surface area contributed by atoms with Crippen molar-refractivity contribution in [3.8, 4) is 0 Å². The van der Waals surface area contributed by atoms with E-state index in [1.54, 1.807) is 12.4 Å². The summed E-state index contributed by atoms with van der Waals surface area (Å²) in [6, 6.07) is 4.14. The minimum atomic E-state index is 0.101. The van der Waals surface area contributed by atoms with Crippen LogP contribution in [0.1, 0.15) is 62.7 Å². The predicted molar refractivity (Wildman–Crippen MR) is 123 cm³/mol. The number of hydrogen-bond acceptors (Lipinski definition) is 5. The van der Waals surface area contributed by atoms with Gasteiger partial charge in [0.25, 0.3) is 5.91 Å². The highest BCUT2D eigenvalue weighted by molar-refractivity contribution is 5.93. The molecule has 1 N–H and O–H groups in total. The summed E-state index contributed by atoms with van der Waals surface area (Å²) in [5.41, 5.74) is 2.20. The van der Waals surface area contributed by atoms with Gasteiger partial charge in [0.2, 0.25) is 0 Å². The first-order valence-corrected chi connectivity index (χ1v) is 12.0. The van der Waals surface area contributed by atoms with Crippen LogP contribution in [0.3, 0.4) is 0 Å². The van der Waals surface area contributed by atoms with Crippen molar-refractivity contribution in [1.82, 2.24) is 20.1 Å². The Morgan fingerprint density at radius 1 is 1.19 bits per heavy atom. The molecule has 0 saturated carbocycles. The third-order valence-electron chi connectivity index (χ3n) is 7.19. The molecule has 3 aliphatic heterocycles. The number of aromatic nitrogens is 1. The van der Waals surface area contributed by atoms with E-state index >= 15 is 0 Å². The van der Waals surface area contributed by atoms with Gasteiger partial charge in [-0.1, -0.05) is 11.6 Å². The van der Waals surface area contributed by atoms with E-state index in [0.717, 1.165) is 65.0 Å². The summed E-state index contributed by atoms with van der Waals surface area (Å²) in [4.78, 5) is 21.2. The number of nitrogens with zero attached hydrogens (tertiary/aromatic N) is 3. The van der Waals surface area contributed by atoms with Gasteiger partial charge in [-0.25, -0.2) is 0 Å². The summed E-state index contributed by atoms with van der Waals surface area (Å²) >= 11 is 0. The topological polar surface area (TPSA) is 57.7 Å². The lowest BCUT2D eigenvalue weighted by Gasteiger charge is -2.39. The van der Waals surface area contributed by atoms with Gasteiger partial charge in [0.1, 0.15) is 0 Å². The summed E-state index contributed by atoms with van der Waals surface area (Å²) in [6.45, 7) is 10.3. The maximum Gasteiger partial charge on any atom is 0.255 e. The number of allylic oxidation sites excluding steroid dienone is 1. The first kappa shape index (κ1) is 22.4. The fourth-order valence-electron chi connectivity index (χ4n) is 5.12. The Balaban J connectivity index is 1.16. The fourth-order valence-corrected chi connectivity index (χ4v) is 5.12. The van der Waals surface area contributed by atoms with Crippen LogP contribution in [-0.2, 0) is 4.74 Å². The number of piperidine rings is 2. The Morgan fingerprint density at radius 3 is 2.65 bits per heavy atom. The molecule has 6 heteroatoms. The Hall–Kier alpha value is -1.76. The first-order valence-electron chi connectivity index (χ1n) is 12.0. The molecule has 0 aliphatic carbocycles. The summed E-state index contributed by atoms with van der Waals surface area (Å²) in [7, 11) is 0. The molecular weight excluding hydrogens is 388 g/mol. The highest BCUT2D eigenvalue weighted by Gasteiger charge is 2.42. The molecule has 6 nitrogen and oxygen atoms in total. The van der Waals surface area contributed by atoms with Crippen LogP contribution in [0.2, 0.25) is 0 Å². The van der Waals surface area contributed by atoms with Gasteiger partial charge in [0.05, 0.1) is 17.3 Å². The van der Waals surface area contributed by atoms with E-state index in [1.165, 1.54) is 18.4 Å². The van der Waals surface area contributed by atoms with Crippen LogP contribution in [0.15, 0.2) is 36.2 Å². The van der Waals surface area contributed by atoms with Gasteiger partial charge in [0, 0.05) is 57.7 Å². The first-order chi connectivity index (χ1) is 15.0. The van der Waals surface area contributed by atoms with Gasteiger partial charge >= 0.3 is 0 Å². The number of rotatable bonds is 6. The second-order valence-electron chi connectivity index (χ2n) is 9.76. The number of hydrogen-bond donors (Lipinski definition) is 1. The van der Waals surface area contributed by atoms with Gasteiger partial charge in [-0.05, 0) is 64.5 Å². The van der Waals surface area contributed by atoms with Crippen molar-refractivity contribution in [2.24, 2.45) is 0 Å². The summed E-state index contributed by atoms with van der Waals surface area (Å²) in [6.07, 6.45) is 12.7. The minimum Gasteiger partial charge on any atom is -0.370 e.